The van der Waals surface area contributed by atoms with Crippen LogP contribution in [0, 0.1) is 0 Å². The van der Waals surface area contributed by atoms with Gasteiger partial charge in [-0.3, -0.25) is 4.79 Å². The highest BCUT2D eigenvalue weighted by atomic mass is 16.5. The second kappa shape index (κ2) is 9.74. The monoisotopic (exact) mass is 377 g/mol. The fourth-order valence-corrected chi connectivity index (χ4v) is 3.19. The van der Waals surface area contributed by atoms with Gasteiger partial charge in [0.25, 0.3) is 0 Å². The number of fused-ring (bicyclic) bond motifs is 1. The van der Waals surface area contributed by atoms with E-state index in [4.69, 9.17) is 9.72 Å². The van der Waals surface area contributed by atoms with Gasteiger partial charge in [-0.05, 0) is 36.6 Å². The zero-order chi connectivity index (χ0) is 19.8. The first-order chi connectivity index (χ1) is 13.7. The van der Waals surface area contributed by atoms with Gasteiger partial charge in [-0.2, -0.15) is 0 Å². The zero-order valence-corrected chi connectivity index (χ0v) is 16.4. The van der Waals surface area contributed by atoms with Crippen molar-refractivity contribution in [3.05, 3.63) is 72.6 Å². The lowest BCUT2D eigenvalue weighted by Crippen LogP contribution is -2.23. The standard InChI is InChI=1S/C23H27N3O2/c1-3-10-18-11-5-8-14-21(18)28-16-9-15-26-20-13-7-6-12-19(20)25-22(26)17-24-23(27)4-2/h3,5-8,11-14H,1,4,9-10,15-17H2,2H3,(H,24,27). The quantitative estimate of drug-likeness (QED) is 0.424. The molecule has 0 aliphatic rings. The van der Waals surface area contributed by atoms with Crippen LogP contribution in [0.1, 0.15) is 31.2 Å². The molecule has 146 valence electrons. The molecule has 0 saturated heterocycles. The number of hydrogen-bond donors (Lipinski definition) is 1. The van der Waals surface area contributed by atoms with Crippen LogP contribution in [0.25, 0.3) is 11.0 Å². The molecular weight excluding hydrogens is 350 g/mol. The van der Waals surface area contributed by atoms with Crippen molar-refractivity contribution in [3.8, 4) is 5.75 Å². The predicted molar refractivity (Wildman–Crippen MR) is 112 cm³/mol. The summed E-state index contributed by atoms with van der Waals surface area (Å²) in [7, 11) is 0. The second-order valence-corrected chi connectivity index (χ2v) is 6.60. The normalized spacial score (nSPS) is 10.8. The van der Waals surface area contributed by atoms with Crippen molar-refractivity contribution >= 4 is 16.9 Å². The Morgan fingerprint density at radius 2 is 2.00 bits per heavy atom. The summed E-state index contributed by atoms with van der Waals surface area (Å²) in [6.45, 7) is 7.48. The molecule has 5 nitrogen and oxygen atoms in total. The third kappa shape index (κ3) is 4.80. The van der Waals surface area contributed by atoms with Crippen LogP contribution in [-0.4, -0.2) is 22.1 Å². The van der Waals surface area contributed by atoms with E-state index in [1.807, 2.05) is 49.4 Å². The SMILES string of the molecule is C=CCc1ccccc1OCCCn1c(CNC(=O)CC)nc2ccccc21. The van der Waals surface area contributed by atoms with E-state index in [1.165, 1.54) is 0 Å². The molecule has 0 atom stereocenters. The van der Waals surface area contributed by atoms with Gasteiger partial charge in [-0.1, -0.05) is 43.3 Å². The number of allylic oxidation sites excluding steroid dienone is 1. The number of hydrogen-bond acceptors (Lipinski definition) is 3. The van der Waals surface area contributed by atoms with Crippen LogP contribution in [-0.2, 0) is 24.3 Å². The van der Waals surface area contributed by atoms with E-state index in [0.717, 1.165) is 47.6 Å². The average molecular weight is 377 g/mol. The Balaban J connectivity index is 1.66. The molecule has 5 heteroatoms. The van der Waals surface area contributed by atoms with Crippen molar-refractivity contribution in [1.82, 2.24) is 14.9 Å². The van der Waals surface area contributed by atoms with E-state index < -0.39 is 0 Å². The molecule has 1 heterocycles. The zero-order valence-electron chi connectivity index (χ0n) is 16.4. The minimum Gasteiger partial charge on any atom is -0.493 e. The summed E-state index contributed by atoms with van der Waals surface area (Å²) in [5.41, 5.74) is 3.17. The van der Waals surface area contributed by atoms with Crippen LogP contribution in [0.15, 0.2) is 61.2 Å². The number of amides is 1. The lowest BCUT2D eigenvalue weighted by molar-refractivity contribution is -0.120. The summed E-state index contributed by atoms with van der Waals surface area (Å²) in [4.78, 5) is 16.3. The third-order valence-corrected chi connectivity index (χ3v) is 4.62. The molecule has 0 bridgehead atoms. The van der Waals surface area contributed by atoms with Gasteiger partial charge in [0.1, 0.15) is 11.6 Å². The average Bonchev–Trinajstić information content (AvgIpc) is 3.08. The van der Waals surface area contributed by atoms with E-state index in [1.54, 1.807) is 0 Å². The number of imidazole rings is 1. The number of benzene rings is 2. The Hall–Kier alpha value is -3.08. The van der Waals surface area contributed by atoms with Gasteiger partial charge in [0.15, 0.2) is 0 Å². The molecule has 0 aliphatic carbocycles. The molecule has 0 aliphatic heterocycles. The fourth-order valence-electron chi connectivity index (χ4n) is 3.19. The summed E-state index contributed by atoms with van der Waals surface area (Å²) in [5, 5.41) is 2.92. The number of aryl methyl sites for hydroxylation is 1. The van der Waals surface area contributed by atoms with Gasteiger partial charge in [0, 0.05) is 13.0 Å². The summed E-state index contributed by atoms with van der Waals surface area (Å²) in [5.74, 6) is 1.81. The summed E-state index contributed by atoms with van der Waals surface area (Å²) >= 11 is 0. The molecule has 3 rings (SSSR count). The molecule has 0 saturated carbocycles. The van der Waals surface area contributed by atoms with Crippen molar-refractivity contribution < 1.29 is 9.53 Å². The number of nitrogens with one attached hydrogen (secondary N) is 1. The van der Waals surface area contributed by atoms with Crippen molar-refractivity contribution in [1.29, 1.82) is 0 Å². The second-order valence-electron chi connectivity index (χ2n) is 6.60. The van der Waals surface area contributed by atoms with Crippen molar-refractivity contribution in [2.75, 3.05) is 6.61 Å². The number of nitrogens with zero attached hydrogens (tertiary/aromatic N) is 2. The Kier molecular flexibility index (Phi) is 6.84. The van der Waals surface area contributed by atoms with E-state index in [2.05, 4.69) is 28.6 Å². The number of carbonyl (C=O) groups excluding carboxylic acids is 1. The van der Waals surface area contributed by atoms with Crippen molar-refractivity contribution in [2.24, 2.45) is 0 Å². The first-order valence-electron chi connectivity index (χ1n) is 9.75. The minimum atomic E-state index is 0.0285. The number of carbonyl (C=O) groups is 1. The molecule has 0 radical (unpaired) electrons. The molecule has 1 N–H and O–H groups in total. The highest BCUT2D eigenvalue weighted by Crippen LogP contribution is 2.20. The van der Waals surface area contributed by atoms with Crippen LogP contribution < -0.4 is 10.1 Å². The minimum absolute atomic E-state index is 0.0285. The number of para-hydroxylation sites is 3. The Morgan fingerprint density at radius 1 is 1.21 bits per heavy atom. The first kappa shape index (κ1) is 19.7. The summed E-state index contributed by atoms with van der Waals surface area (Å²) < 4.78 is 8.18. The topological polar surface area (TPSA) is 56.1 Å². The molecule has 28 heavy (non-hydrogen) atoms. The largest absolute Gasteiger partial charge is 0.493 e. The molecule has 0 fully saturated rings. The lowest BCUT2D eigenvalue weighted by Gasteiger charge is -2.12. The summed E-state index contributed by atoms with van der Waals surface area (Å²) in [6, 6.07) is 16.1. The van der Waals surface area contributed by atoms with Gasteiger partial charge < -0.3 is 14.6 Å². The van der Waals surface area contributed by atoms with Gasteiger partial charge in [0.2, 0.25) is 5.91 Å². The first-order valence-corrected chi connectivity index (χ1v) is 9.75. The maximum absolute atomic E-state index is 11.6. The Bertz CT molecular complexity index is 946. The van der Waals surface area contributed by atoms with Gasteiger partial charge in [0.05, 0.1) is 24.2 Å². The van der Waals surface area contributed by atoms with Crippen molar-refractivity contribution in [2.45, 2.75) is 39.3 Å². The van der Waals surface area contributed by atoms with Gasteiger partial charge >= 0.3 is 0 Å². The molecule has 2 aromatic carbocycles. The summed E-state index contributed by atoms with van der Waals surface area (Å²) in [6.07, 6.45) is 4.00. The van der Waals surface area contributed by atoms with Crippen LogP contribution in [0.4, 0.5) is 0 Å². The lowest BCUT2D eigenvalue weighted by atomic mass is 10.1. The highest BCUT2D eigenvalue weighted by molar-refractivity contribution is 5.77. The third-order valence-electron chi connectivity index (χ3n) is 4.62. The van der Waals surface area contributed by atoms with E-state index in [-0.39, 0.29) is 5.91 Å². The number of aromatic nitrogens is 2. The molecular formula is C23H27N3O2. The maximum Gasteiger partial charge on any atom is 0.220 e. The molecule has 0 unspecified atom stereocenters. The molecule has 1 aromatic heterocycles. The van der Waals surface area contributed by atoms with Gasteiger partial charge in [-0.15, -0.1) is 6.58 Å². The molecule has 3 aromatic rings. The smallest absolute Gasteiger partial charge is 0.220 e. The van der Waals surface area contributed by atoms with Crippen LogP contribution in [0.3, 0.4) is 0 Å². The molecule has 0 spiro atoms. The van der Waals surface area contributed by atoms with Crippen molar-refractivity contribution in [3.63, 3.8) is 0 Å². The van der Waals surface area contributed by atoms with Crippen LogP contribution >= 0.6 is 0 Å². The van der Waals surface area contributed by atoms with Crippen LogP contribution in [0.2, 0.25) is 0 Å². The molecule has 1 amide bonds. The van der Waals surface area contributed by atoms with E-state index in [9.17, 15) is 4.79 Å². The number of rotatable bonds is 10. The Morgan fingerprint density at radius 3 is 2.82 bits per heavy atom. The van der Waals surface area contributed by atoms with Gasteiger partial charge in [-0.25, -0.2) is 4.98 Å². The predicted octanol–water partition coefficient (Wildman–Crippen LogP) is 4.26. The maximum atomic E-state index is 11.6. The highest BCUT2D eigenvalue weighted by Gasteiger charge is 2.11. The van der Waals surface area contributed by atoms with E-state index in [0.29, 0.717) is 19.6 Å². The Labute approximate surface area is 166 Å². The van der Waals surface area contributed by atoms with E-state index >= 15 is 0 Å². The number of ether oxygens (including phenoxy) is 1. The fraction of sp³-hybridized carbons (Fsp3) is 0.304. The van der Waals surface area contributed by atoms with Crippen LogP contribution in [0.5, 0.6) is 5.75 Å².